The number of unbranched alkanes of at least 4 members (excludes halogenated alkanes) is 3. The third-order valence-electron chi connectivity index (χ3n) is 8.31. The number of nitrogens with two attached hydrogens (primary N) is 1. The molecule has 4 rings (SSSR count). The summed E-state index contributed by atoms with van der Waals surface area (Å²) in [6.45, 7) is 7.32. The molecule has 2 atom stereocenters. The summed E-state index contributed by atoms with van der Waals surface area (Å²) in [7, 11) is 3.67. The zero-order chi connectivity index (χ0) is 31.1. The minimum atomic E-state index is -0.102. The van der Waals surface area contributed by atoms with Crippen molar-refractivity contribution in [2.24, 2.45) is 0 Å². The fourth-order valence-corrected chi connectivity index (χ4v) is 5.96. The van der Waals surface area contributed by atoms with Gasteiger partial charge in [0.15, 0.2) is 17.8 Å². The average Bonchev–Trinajstić information content (AvgIpc) is 3.49. The van der Waals surface area contributed by atoms with Gasteiger partial charge in [0, 0.05) is 54.9 Å². The van der Waals surface area contributed by atoms with Crippen LogP contribution in [0.5, 0.6) is 17.2 Å². The topological polar surface area (TPSA) is 117 Å². The lowest BCUT2D eigenvalue weighted by molar-refractivity contribution is 0.0794. The molecule has 0 spiro atoms. The first-order valence-corrected chi connectivity index (χ1v) is 15.2. The zero-order valence-electron chi connectivity index (χ0n) is 26.1. The number of aryl methyl sites for hydroxylation is 1. The molecule has 0 aromatic heterocycles. The van der Waals surface area contributed by atoms with E-state index in [9.17, 15) is 14.7 Å². The number of carbonyl (C=O) groups excluding carboxylic acids is 2. The monoisotopic (exact) mass is 590 g/mol. The van der Waals surface area contributed by atoms with Crippen LogP contribution < -0.4 is 20.5 Å². The summed E-state index contributed by atoms with van der Waals surface area (Å²) in [5.41, 5.74) is 11.8. The van der Waals surface area contributed by atoms with E-state index in [-0.39, 0.29) is 17.7 Å². The van der Waals surface area contributed by atoms with E-state index < -0.39 is 0 Å². The average molecular weight is 591 g/mol. The van der Waals surface area contributed by atoms with E-state index in [1.165, 1.54) is 17.2 Å². The first-order chi connectivity index (χ1) is 20.6. The number of hydrogen-bond donors (Lipinski definition) is 3. The molecule has 0 saturated heterocycles. The van der Waals surface area contributed by atoms with Crippen molar-refractivity contribution in [1.82, 2.24) is 9.80 Å². The molecular weight excluding hydrogens is 544 g/mol. The summed E-state index contributed by atoms with van der Waals surface area (Å²) in [4.78, 5) is 28.7. The predicted octanol–water partition coefficient (Wildman–Crippen LogP) is 6.14. The Morgan fingerprint density at radius 1 is 1.07 bits per heavy atom. The number of amides is 1. The molecule has 2 aromatic carbocycles. The van der Waals surface area contributed by atoms with Crippen LogP contribution in [-0.2, 0) is 6.42 Å². The number of phenols is 1. The molecule has 0 fully saturated rings. The predicted molar refractivity (Wildman–Crippen MR) is 171 cm³/mol. The molecule has 2 aromatic rings. The van der Waals surface area contributed by atoms with Gasteiger partial charge in [-0.05, 0) is 82.8 Å². The molecule has 0 saturated carbocycles. The van der Waals surface area contributed by atoms with E-state index in [1.54, 1.807) is 24.1 Å². The fourth-order valence-electron chi connectivity index (χ4n) is 5.96. The molecular formula is C34H46N4O5. The van der Waals surface area contributed by atoms with Crippen molar-refractivity contribution in [2.45, 2.75) is 77.8 Å². The zero-order valence-corrected chi connectivity index (χ0v) is 26.1. The quantitative estimate of drug-likeness (QED) is 0.104. The Bertz CT molecular complexity index is 1390. The molecule has 2 aliphatic rings. The number of benzene rings is 2. The van der Waals surface area contributed by atoms with Gasteiger partial charge in [-0.3, -0.25) is 9.59 Å². The van der Waals surface area contributed by atoms with E-state index in [0.29, 0.717) is 53.2 Å². The molecule has 1 unspecified atom stereocenters. The fraction of sp³-hybridized carbons (Fsp3) is 0.471. The van der Waals surface area contributed by atoms with Gasteiger partial charge in [-0.15, -0.1) is 0 Å². The van der Waals surface area contributed by atoms with Crippen LogP contribution in [0.15, 0.2) is 47.8 Å². The van der Waals surface area contributed by atoms with Gasteiger partial charge >= 0.3 is 0 Å². The summed E-state index contributed by atoms with van der Waals surface area (Å²) >= 11 is 0. The first kappa shape index (κ1) is 31.8. The maximum Gasteiger partial charge on any atom is 0.260 e. The number of likely N-dealkylation sites (N-methyl/N-ethyl adjacent to an activating group) is 1. The summed E-state index contributed by atoms with van der Waals surface area (Å²) in [5.74, 6) is 0.902. The summed E-state index contributed by atoms with van der Waals surface area (Å²) in [6.07, 6.45) is 11.1. The highest BCUT2D eigenvalue weighted by atomic mass is 16.5. The lowest BCUT2D eigenvalue weighted by Crippen LogP contribution is -2.31. The van der Waals surface area contributed by atoms with Crippen molar-refractivity contribution in [1.29, 1.82) is 0 Å². The van der Waals surface area contributed by atoms with Gasteiger partial charge in [0.1, 0.15) is 5.75 Å². The summed E-state index contributed by atoms with van der Waals surface area (Å²) in [6, 6.07) is 7.23. The number of anilines is 2. The van der Waals surface area contributed by atoms with Gasteiger partial charge in [-0.1, -0.05) is 24.0 Å². The van der Waals surface area contributed by atoms with Crippen molar-refractivity contribution in [3.63, 3.8) is 0 Å². The second kappa shape index (κ2) is 14.4. The lowest BCUT2D eigenvalue weighted by atomic mass is 10.0. The molecule has 9 nitrogen and oxygen atoms in total. The number of nitrogens with zero attached hydrogens (tertiary/aromatic N) is 2. The van der Waals surface area contributed by atoms with E-state index in [2.05, 4.69) is 23.3 Å². The number of phenolic OH excluding ortho intramolecular Hbond substituents is 1. The van der Waals surface area contributed by atoms with Gasteiger partial charge in [0.05, 0.1) is 19.3 Å². The number of aldehydes is 1. The molecule has 43 heavy (non-hydrogen) atoms. The van der Waals surface area contributed by atoms with Crippen LogP contribution in [0.4, 0.5) is 11.4 Å². The van der Waals surface area contributed by atoms with E-state index in [4.69, 9.17) is 15.2 Å². The van der Waals surface area contributed by atoms with Crippen LogP contribution in [0.1, 0.15) is 85.6 Å². The maximum atomic E-state index is 13.1. The molecule has 2 heterocycles. The van der Waals surface area contributed by atoms with Gasteiger partial charge in [0.2, 0.25) is 0 Å². The summed E-state index contributed by atoms with van der Waals surface area (Å²) < 4.78 is 11.5. The smallest absolute Gasteiger partial charge is 0.260 e. The normalized spacial score (nSPS) is 18.0. The van der Waals surface area contributed by atoms with Crippen LogP contribution in [0.25, 0.3) is 0 Å². The second-order valence-corrected chi connectivity index (χ2v) is 11.9. The van der Waals surface area contributed by atoms with Gasteiger partial charge in [-0.2, -0.15) is 0 Å². The summed E-state index contributed by atoms with van der Waals surface area (Å²) in [5, 5.41) is 13.8. The minimum absolute atomic E-state index is 0.0416. The highest BCUT2D eigenvalue weighted by Crippen LogP contribution is 2.33. The van der Waals surface area contributed by atoms with E-state index in [0.717, 1.165) is 56.8 Å². The third kappa shape index (κ3) is 7.83. The molecule has 0 radical (unpaired) electrons. The first-order valence-electron chi connectivity index (χ1n) is 15.2. The van der Waals surface area contributed by atoms with Crippen LogP contribution in [-0.4, -0.2) is 66.5 Å². The number of carbonyl (C=O) groups is 2. The number of ether oxygens (including phenoxy) is 2. The van der Waals surface area contributed by atoms with Crippen LogP contribution in [0.2, 0.25) is 0 Å². The lowest BCUT2D eigenvalue weighted by Gasteiger charge is -2.22. The standard InChI is InChI=1S/C34H46N4O5/c1-22-12-24(3)38(20-22)34(41)28-16-32(42-5)25(14-29(28)35)10-8-6-7-9-11-43-33-17-30(26(21-39)15-31(33)40)36-18-27-13-23(2)19-37(27)4/h14-17,19-21,24,27,36,40H,6-13,18,35H2,1-5H3/t24-,27?/m1/s1. The Balaban J connectivity index is 1.24. The molecule has 4 N–H and O–H groups in total. The number of aromatic hydroxyl groups is 1. The van der Waals surface area contributed by atoms with E-state index in [1.807, 2.05) is 33.2 Å². The SMILES string of the molecule is COc1cc(C(=O)N2C=C(C)C[C@H]2C)c(N)cc1CCCCCCOc1cc(NCC2CC(C)=CN2C)c(C=O)cc1O. The van der Waals surface area contributed by atoms with Gasteiger partial charge in [-0.25, -0.2) is 0 Å². The number of rotatable bonds is 14. The van der Waals surface area contributed by atoms with Crippen molar-refractivity contribution in [3.05, 3.63) is 64.5 Å². The Morgan fingerprint density at radius 2 is 1.81 bits per heavy atom. The van der Waals surface area contributed by atoms with Gasteiger partial charge < -0.3 is 35.4 Å². The van der Waals surface area contributed by atoms with Crippen LogP contribution in [0.3, 0.4) is 0 Å². The number of nitrogens with one attached hydrogen (secondary N) is 1. The highest BCUT2D eigenvalue weighted by molar-refractivity contribution is 6.00. The molecule has 2 aliphatic heterocycles. The second-order valence-electron chi connectivity index (χ2n) is 11.9. The molecule has 1 amide bonds. The van der Waals surface area contributed by atoms with Crippen molar-refractivity contribution in [3.8, 4) is 17.2 Å². The molecule has 0 bridgehead atoms. The Kier molecular flexibility index (Phi) is 10.6. The highest BCUT2D eigenvalue weighted by Gasteiger charge is 2.27. The molecule has 9 heteroatoms. The van der Waals surface area contributed by atoms with E-state index >= 15 is 0 Å². The van der Waals surface area contributed by atoms with Crippen molar-refractivity contribution >= 4 is 23.6 Å². The van der Waals surface area contributed by atoms with Crippen molar-refractivity contribution < 1.29 is 24.2 Å². The largest absolute Gasteiger partial charge is 0.504 e. The molecule has 232 valence electrons. The minimum Gasteiger partial charge on any atom is -0.504 e. The maximum absolute atomic E-state index is 13.1. The van der Waals surface area contributed by atoms with Crippen LogP contribution >= 0.6 is 0 Å². The third-order valence-corrected chi connectivity index (χ3v) is 8.31. The molecule has 0 aliphatic carbocycles. The number of methoxy groups -OCH3 is 1. The van der Waals surface area contributed by atoms with Crippen molar-refractivity contribution in [2.75, 3.05) is 38.4 Å². The Hall–Kier alpha value is -4.14. The number of hydrogen-bond acceptors (Lipinski definition) is 8. The Labute approximate surface area is 255 Å². The van der Waals surface area contributed by atoms with Gasteiger partial charge in [0.25, 0.3) is 5.91 Å². The van der Waals surface area contributed by atoms with Crippen LogP contribution in [0, 0.1) is 0 Å². The number of nitrogen functional groups attached to an aromatic ring is 1. The Morgan fingerprint density at radius 3 is 2.47 bits per heavy atom.